The summed E-state index contributed by atoms with van der Waals surface area (Å²) in [6, 6.07) is 0. The molecule has 0 unspecified atom stereocenters. The molecule has 0 heterocycles. The van der Waals surface area contributed by atoms with Crippen molar-refractivity contribution in [3.05, 3.63) is 29.7 Å². The maximum absolute atomic E-state index is 0. The second-order valence-electron chi connectivity index (χ2n) is 0. The smallest absolute Gasteiger partial charge is 0 e. The van der Waals surface area contributed by atoms with Crippen LogP contribution < -0.4 is 0 Å². The maximum atomic E-state index is 0. The first kappa shape index (κ1) is 281. The van der Waals surface area contributed by atoms with Gasteiger partial charge in [0, 0.05) is 20.4 Å². The molecule has 0 atom stereocenters. The summed E-state index contributed by atoms with van der Waals surface area (Å²) in [6.45, 7) is 0. The van der Waals surface area contributed by atoms with Crippen molar-refractivity contribution in [3.8, 4) is 0 Å². The van der Waals surface area contributed by atoms with E-state index in [1.165, 1.54) is 0 Å². The summed E-state index contributed by atoms with van der Waals surface area (Å²) in [4.78, 5) is 0. The van der Waals surface area contributed by atoms with Crippen molar-refractivity contribution in [2.24, 2.45) is 0 Å². The molecule has 0 rings (SSSR count). The fraction of sp³-hybridized carbons (Fsp3) is 0. The maximum Gasteiger partial charge on any atom is 0 e. The Morgan fingerprint density at radius 2 is 0.400 bits per heavy atom. The molecule has 5 heavy (non-hydrogen) atoms. The van der Waals surface area contributed by atoms with Gasteiger partial charge in [0.05, 0.1) is 0 Å². The Bertz CT molecular complexity index is 3.61. The summed E-state index contributed by atoms with van der Waals surface area (Å²) in [5.74, 6) is 0. The first-order valence-electron chi connectivity index (χ1n) is 0. The van der Waals surface area contributed by atoms with Gasteiger partial charge >= 0.3 is 0 Å². The van der Waals surface area contributed by atoms with Crippen molar-refractivity contribution in [2.45, 2.75) is 0 Å². The van der Waals surface area contributed by atoms with Crippen LogP contribution in [-0.4, -0.2) is 0 Å². The Morgan fingerprint density at radius 1 is 0.400 bits per heavy atom. The quantitative estimate of drug-likeness (QED) is 0.380. The monoisotopic (exact) mass is 166 g/mol. The summed E-state index contributed by atoms with van der Waals surface area (Å²) >= 11 is 0. The molecule has 0 nitrogen and oxygen atoms in total. The van der Waals surface area contributed by atoms with Crippen LogP contribution in [0.4, 0.5) is 0 Å². The van der Waals surface area contributed by atoms with Gasteiger partial charge < -0.3 is 29.7 Å². The molecule has 0 bridgehead atoms. The van der Waals surface area contributed by atoms with Crippen LogP contribution in [0.2, 0.25) is 0 Å². The second kappa shape index (κ2) is 143. The Kier molecular flexibility index (Phi) is 8000. The summed E-state index contributed by atoms with van der Waals surface area (Å²) in [5, 5.41) is 0. The largest absolute Gasteiger partial charge is 0.358 e. The van der Waals surface area contributed by atoms with E-state index in [-0.39, 0.29) is 50.1 Å². The van der Waals surface area contributed by atoms with Crippen LogP contribution in [0.25, 0.3) is 0 Å². The van der Waals surface area contributed by atoms with Gasteiger partial charge in [-0.1, -0.05) is 0 Å². The van der Waals surface area contributed by atoms with E-state index < -0.39 is 0 Å². The van der Waals surface area contributed by atoms with Crippen LogP contribution in [0.3, 0.4) is 0 Å². The average molecular weight is 167 g/mol. The second-order valence-corrected chi connectivity index (χ2v) is 0. The molecule has 0 amide bonds. The molecule has 0 aromatic heterocycles. The molecule has 42 valence electrons. The molecular weight excluding hydrogens is 154 g/mol. The summed E-state index contributed by atoms with van der Waals surface area (Å²) in [7, 11) is 0. The minimum atomic E-state index is 0. The van der Waals surface area contributed by atoms with Crippen molar-refractivity contribution in [1.82, 2.24) is 0 Å². The van der Waals surface area contributed by atoms with Crippen molar-refractivity contribution in [1.29, 1.82) is 0 Å². The number of rotatable bonds is 0. The number of hydrogen-bond donors (Lipinski definition) is 0. The fourth-order valence-electron chi connectivity index (χ4n) is 0. The van der Waals surface area contributed by atoms with Crippen LogP contribution in [0.15, 0.2) is 0 Å². The Morgan fingerprint density at radius 3 is 0.400 bits per heavy atom. The molecule has 0 aliphatic carbocycles. The van der Waals surface area contributed by atoms with E-state index in [0.717, 1.165) is 0 Å². The average Bonchev–Trinajstić information content (AvgIpc) is 0. The SMILES string of the molecule is [CH3-].[CH3-].[CH3-].[CH3-].[Pd]. The van der Waals surface area contributed by atoms with Crippen molar-refractivity contribution in [3.63, 3.8) is 0 Å². The van der Waals surface area contributed by atoms with Gasteiger partial charge in [-0.15, -0.1) is 0 Å². The third-order valence-electron chi connectivity index (χ3n) is 0. The summed E-state index contributed by atoms with van der Waals surface area (Å²) in [6.07, 6.45) is 0. The van der Waals surface area contributed by atoms with Crippen molar-refractivity contribution >= 4 is 0 Å². The van der Waals surface area contributed by atoms with Crippen LogP contribution in [0.1, 0.15) is 0 Å². The predicted octanol–water partition coefficient (Wildman–Crippen LogP) is 1.80. The molecule has 0 spiro atoms. The van der Waals surface area contributed by atoms with Gasteiger partial charge in [0.2, 0.25) is 0 Å². The topological polar surface area (TPSA) is 0 Å². The van der Waals surface area contributed by atoms with E-state index in [9.17, 15) is 0 Å². The van der Waals surface area contributed by atoms with Crippen molar-refractivity contribution in [2.75, 3.05) is 0 Å². The van der Waals surface area contributed by atoms with Gasteiger partial charge in [0.15, 0.2) is 0 Å². The molecule has 0 aromatic carbocycles. The van der Waals surface area contributed by atoms with E-state index in [0.29, 0.717) is 0 Å². The van der Waals surface area contributed by atoms with E-state index in [2.05, 4.69) is 0 Å². The molecule has 0 saturated heterocycles. The van der Waals surface area contributed by atoms with E-state index in [4.69, 9.17) is 0 Å². The predicted molar refractivity (Wildman–Crippen MR) is 25.7 cm³/mol. The standard InChI is InChI=1S/4CH3.Pd/h4*1H3;/q4*-1;. The van der Waals surface area contributed by atoms with Gasteiger partial charge in [-0.05, 0) is 0 Å². The van der Waals surface area contributed by atoms with Gasteiger partial charge in [0.1, 0.15) is 0 Å². The third-order valence-corrected chi connectivity index (χ3v) is 0. The van der Waals surface area contributed by atoms with E-state index >= 15 is 0 Å². The molecular formula is C4H12Pd-4. The molecule has 0 aliphatic heterocycles. The third kappa shape index (κ3) is 75.3. The van der Waals surface area contributed by atoms with Gasteiger partial charge in [0.25, 0.3) is 0 Å². The van der Waals surface area contributed by atoms with Crippen LogP contribution in [0, 0.1) is 29.7 Å². The summed E-state index contributed by atoms with van der Waals surface area (Å²) in [5.41, 5.74) is 0. The zero-order valence-corrected chi connectivity index (χ0v) is 5.87. The molecule has 0 N–H and O–H groups in total. The fourth-order valence-corrected chi connectivity index (χ4v) is 0. The van der Waals surface area contributed by atoms with Crippen LogP contribution in [-0.2, 0) is 20.4 Å². The first-order valence-corrected chi connectivity index (χ1v) is 0. The van der Waals surface area contributed by atoms with Gasteiger partial charge in [-0.2, -0.15) is 0 Å². The minimum absolute atomic E-state index is 0. The van der Waals surface area contributed by atoms with Gasteiger partial charge in [-0.25, -0.2) is 0 Å². The zero-order valence-electron chi connectivity index (χ0n) is 4.32. The Hall–Kier alpha value is 0.662. The van der Waals surface area contributed by atoms with E-state index in [1.807, 2.05) is 0 Å². The number of hydrogen-bond acceptors (Lipinski definition) is 0. The molecule has 0 aromatic rings. The van der Waals surface area contributed by atoms with Crippen LogP contribution >= 0.6 is 0 Å². The zero-order chi connectivity index (χ0) is 0. The molecule has 0 saturated carbocycles. The summed E-state index contributed by atoms with van der Waals surface area (Å²) < 4.78 is 0. The molecule has 0 aliphatic rings. The van der Waals surface area contributed by atoms with E-state index in [1.54, 1.807) is 0 Å². The Labute approximate surface area is 50.6 Å². The molecule has 1 heteroatoms. The first-order chi connectivity index (χ1) is 0. The molecule has 0 fully saturated rings. The molecule has 0 radical (unpaired) electrons. The van der Waals surface area contributed by atoms with Crippen LogP contribution in [0.5, 0.6) is 0 Å². The van der Waals surface area contributed by atoms with Crippen molar-refractivity contribution < 1.29 is 20.4 Å². The minimum Gasteiger partial charge on any atom is -0.358 e. The Balaban J connectivity index is 0. The van der Waals surface area contributed by atoms with Gasteiger partial charge in [-0.3, -0.25) is 0 Å². The normalized spacial score (nSPS) is 0.